The van der Waals surface area contributed by atoms with Gasteiger partial charge in [0.25, 0.3) is 0 Å². The van der Waals surface area contributed by atoms with Crippen LogP contribution in [-0.4, -0.2) is 10.1 Å². The van der Waals surface area contributed by atoms with E-state index in [4.69, 9.17) is 0 Å². The first-order valence-electron chi connectivity index (χ1n) is 4.22. The number of aliphatic hydroxyl groups excluding tert-OH is 1. The first kappa shape index (κ1) is 8.66. The van der Waals surface area contributed by atoms with Crippen molar-refractivity contribution in [2.45, 2.75) is 20.0 Å². The van der Waals surface area contributed by atoms with E-state index < -0.39 is 6.10 Å². The van der Waals surface area contributed by atoms with Gasteiger partial charge in [0.15, 0.2) is 0 Å². The van der Waals surface area contributed by atoms with Crippen LogP contribution in [0, 0.1) is 6.92 Å². The van der Waals surface area contributed by atoms with Crippen LogP contribution < -0.4 is 0 Å². The van der Waals surface area contributed by atoms with Crippen LogP contribution in [0.5, 0.6) is 0 Å². The van der Waals surface area contributed by atoms with Crippen molar-refractivity contribution in [2.24, 2.45) is 0 Å². The number of aromatic nitrogens is 1. The van der Waals surface area contributed by atoms with Gasteiger partial charge >= 0.3 is 0 Å². The molecule has 0 bridgehead atoms. The van der Waals surface area contributed by atoms with Crippen LogP contribution in [-0.2, 0) is 0 Å². The Hall–Kier alpha value is -0.930. The highest BCUT2D eigenvalue weighted by Crippen LogP contribution is 2.24. The first-order valence-corrected chi connectivity index (χ1v) is 5.03. The Labute approximate surface area is 80.9 Å². The topological polar surface area (TPSA) is 33.1 Å². The molecule has 0 aliphatic rings. The number of hydrogen-bond acceptors (Lipinski definition) is 3. The summed E-state index contributed by atoms with van der Waals surface area (Å²) in [6, 6.07) is 5.91. The molecule has 13 heavy (non-hydrogen) atoms. The fraction of sp³-hybridized carbons (Fsp3) is 0.300. The second kappa shape index (κ2) is 3.09. The molecule has 2 nitrogen and oxygen atoms in total. The molecule has 1 aromatic carbocycles. The van der Waals surface area contributed by atoms with Gasteiger partial charge in [-0.2, -0.15) is 0 Å². The summed E-state index contributed by atoms with van der Waals surface area (Å²) in [6.07, 6.45) is -0.411. The maximum atomic E-state index is 9.37. The van der Waals surface area contributed by atoms with E-state index in [-0.39, 0.29) is 0 Å². The van der Waals surface area contributed by atoms with Crippen LogP contribution in [0.25, 0.3) is 10.2 Å². The van der Waals surface area contributed by atoms with Gasteiger partial charge in [-0.15, -0.1) is 11.3 Å². The summed E-state index contributed by atoms with van der Waals surface area (Å²) >= 11 is 1.68. The number of nitrogens with zero attached hydrogens (tertiary/aromatic N) is 1. The zero-order chi connectivity index (χ0) is 9.42. The summed E-state index contributed by atoms with van der Waals surface area (Å²) in [5.41, 5.74) is 1.92. The molecule has 0 aliphatic heterocycles. The van der Waals surface area contributed by atoms with E-state index >= 15 is 0 Å². The van der Waals surface area contributed by atoms with Gasteiger partial charge in [0, 0.05) is 0 Å². The monoisotopic (exact) mass is 193 g/mol. The maximum absolute atomic E-state index is 9.37. The van der Waals surface area contributed by atoms with E-state index in [1.165, 1.54) is 4.70 Å². The van der Waals surface area contributed by atoms with E-state index in [9.17, 15) is 5.11 Å². The summed E-state index contributed by atoms with van der Waals surface area (Å²) in [5, 5.41) is 10.4. The lowest BCUT2D eigenvalue weighted by Crippen LogP contribution is -1.89. The zero-order valence-corrected chi connectivity index (χ0v) is 8.43. The SMILES string of the molecule is Cc1nc2cc(C(C)O)ccc2s1. The molecule has 1 heterocycles. The number of rotatable bonds is 1. The highest BCUT2D eigenvalue weighted by Gasteiger charge is 2.04. The van der Waals surface area contributed by atoms with Crippen molar-refractivity contribution in [3.63, 3.8) is 0 Å². The van der Waals surface area contributed by atoms with Gasteiger partial charge in [-0.05, 0) is 31.5 Å². The molecule has 0 radical (unpaired) electrons. The lowest BCUT2D eigenvalue weighted by atomic mass is 10.1. The third kappa shape index (κ3) is 1.57. The Balaban J connectivity index is 2.61. The molecule has 1 N–H and O–H groups in total. The normalized spacial score (nSPS) is 13.5. The average molecular weight is 193 g/mol. The molecule has 0 spiro atoms. The smallest absolute Gasteiger partial charge is 0.0907 e. The van der Waals surface area contributed by atoms with Gasteiger partial charge in [-0.3, -0.25) is 0 Å². The van der Waals surface area contributed by atoms with Gasteiger partial charge in [-0.25, -0.2) is 4.98 Å². The number of thiazole rings is 1. The highest BCUT2D eigenvalue weighted by molar-refractivity contribution is 7.18. The van der Waals surface area contributed by atoms with Crippen LogP contribution in [0.3, 0.4) is 0 Å². The van der Waals surface area contributed by atoms with Gasteiger partial charge in [0.05, 0.1) is 21.3 Å². The number of hydrogen-bond donors (Lipinski definition) is 1. The lowest BCUT2D eigenvalue weighted by Gasteiger charge is -2.02. The van der Waals surface area contributed by atoms with Gasteiger partial charge < -0.3 is 5.11 Å². The third-order valence-corrected chi connectivity index (χ3v) is 2.95. The second-order valence-electron chi connectivity index (χ2n) is 3.14. The molecule has 0 saturated heterocycles. The quantitative estimate of drug-likeness (QED) is 0.755. The predicted molar refractivity (Wildman–Crippen MR) is 55.0 cm³/mol. The Morgan fingerprint density at radius 1 is 1.46 bits per heavy atom. The minimum Gasteiger partial charge on any atom is -0.389 e. The van der Waals surface area contributed by atoms with Crippen molar-refractivity contribution in [3.05, 3.63) is 28.8 Å². The van der Waals surface area contributed by atoms with Crippen LogP contribution in [0.2, 0.25) is 0 Å². The molecule has 0 saturated carbocycles. The number of fused-ring (bicyclic) bond motifs is 1. The van der Waals surface area contributed by atoms with E-state index in [0.717, 1.165) is 16.1 Å². The van der Waals surface area contributed by atoms with Crippen molar-refractivity contribution in [3.8, 4) is 0 Å². The van der Waals surface area contributed by atoms with Gasteiger partial charge in [-0.1, -0.05) is 6.07 Å². The molecular weight excluding hydrogens is 182 g/mol. The summed E-state index contributed by atoms with van der Waals surface area (Å²) in [6.45, 7) is 3.76. The highest BCUT2D eigenvalue weighted by atomic mass is 32.1. The van der Waals surface area contributed by atoms with E-state index in [0.29, 0.717) is 0 Å². The Morgan fingerprint density at radius 2 is 2.23 bits per heavy atom. The Bertz CT molecular complexity index is 433. The molecular formula is C10H11NOS. The molecule has 1 unspecified atom stereocenters. The fourth-order valence-corrected chi connectivity index (χ4v) is 2.13. The first-order chi connectivity index (χ1) is 6.16. The van der Waals surface area contributed by atoms with Crippen molar-refractivity contribution in [1.82, 2.24) is 4.98 Å². The largest absolute Gasteiger partial charge is 0.389 e. The minimum atomic E-state index is -0.411. The average Bonchev–Trinajstić information content (AvgIpc) is 2.42. The Morgan fingerprint density at radius 3 is 2.92 bits per heavy atom. The number of aliphatic hydroxyl groups is 1. The van der Waals surface area contributed by atoms with Gasteiger partial charge in [0.2, 0.25) is 0 Å². The minimum absolute atomic E-state index is 0.411. The molecule has 1 aromatic heterocycles. The summed E-state index contributed by atoms with van der Waals surface area (Å²) in [4.78, 5) is 4.36. The summed E-state index contributed by atoms with van der Waals surface area (Å²) in [7, 11) is 0. The third-order valence-electron chi connectivity index (χ3n) is 2.00. The predicted octanol–water partition coefficient (Wildman–Crippen LogP) is 2.66. The lowest BCUT2D eigenvalue weighted by molar-refractivity contribution is 0.199. The zero-order valence-electron chi connectivity index (χ0n) is 7.61. The van der Waals surface area contributed by atoms with E-state index in [2.05, 4.69) is 4.98 Å². The molecule has 3 heteroatoms. The van der Waals surface area contributed by atoms with Crippen LogP contribution in [0.15, 0.2) is 18.2 Å². The second-order valence-corrected chi connectivity index (χ2v) is 4.37. The van der Waals surface area contributed by atoms with Crippen molar-refractivity contribution in [1.29, 1.82) is 0 Å². The molecule has 0 aliphatic carbocycles. The van der Waals surface area contributed by atoms with Crippen molar-refractivity contribution < 1.29 is 5.11 Å². The fourth-order valence-electron chi connectivity index (χ4n) is 1.32. The maximum Gasteiger partial charge on any atom is 0.0907 e. The molecule has 0 amide bonds. The standard InChI is InChI=1S/C10H11NOS/c1-6(12)8-3-4-10-9(5-8)11-7(2)13-10/h3-6,12H,1-2H3. The molecule has 2 aromatic rings. The Kier molecular flexibility index (Phi) is 2.06. The van der Waals surface area contributed by atoms with E-state index in [1.54, 1.807) is 18.3 Å². The van der Waals surface area contributed by atoms with Crippen LogP contribution >= 0.6 is 11.3 Å². The molecule has 0 fully saturated rings. The number of aryl methyl sites for hydroxylation is 1. The molecule has 68 valence electrons. The molecule has 2 rings (SSSR count). The molecule has 1 atom stereocenters. The summed E-state index contributed by atoms with van der Waals surface area (Å²) in [5.74, 6) is 0. The number of benzene rings is 1. The van der Waals surface area contributed by atoms with Crippen LogP contribution in [0.1, 0.15) is 23.6 Å². The van der Waals surface area contributed by atoms with Gasteiger partial charge in [0.1, 0.15) is 0 Å². The van der Waals surface area contributed by atoms with Crippen molar-refractivity contribution >= 4 is 21.6 Å². The summed E-state index contributed by atoms with van der Waals surface area (Å²) < 4.78 is 1.18. The van der Waals surface area contributed by atoms with Crippen molar-refractivity contribution in [2.75, 3.05) is 0 Å². The van der Waals surface area contributed by atoms with Crippen LogP contribution in [0.4, 0.5) is 0 Å². The van der Waals surface area contributed by atoms with E-state index in [1.807, 2.05) is 25.1 Å².